The molecule has 0 fully saturated rings. The third kappa shape index (κ3) is 4.27. The fraction of sp³-hybridized carbons (Fsp3) is 0.227. The Labute approximate surface area is 172 Å². The van der Waals surface area contributed by atoms with Gasteiger partial charge in [-0.15, -0.1) is 0 Å². The number of carbonyl (C=O) groups excluding carboxylic acids is 2. The lowest BCUT2D eigenvalue weighted by molar-refractivity contribution is -0.511. The zero-order valence-electron chi connectivity index (χ0n) is 16.7. The molecule has 0 radical (unpaired) electrons. The highest BCUT2D eigenvalue weighted by molar-refractivity contribution is 5.87. The second-order valence-corrected chi connectivity index (χ2v) is 6.80. The predicted molar refractivity (Wildman–Crippen MR) is 109 cm³/mol. The number of benzene rings is 2. The van der Waals surface area contributed by atoms with Crippen LogP contribution in [0.1, 0.15) is 35.8 Å². The van der Waals surface area contributed by atoms with Crippen LogP contribution in [0.5, 0.6) is 11.5 Å². The second-order valence-electron chi connectivity index (χ2n) is 6.80. The summed E-state index contributed by atoms with van der Waals surface area (Å²) in [6, 6.07) is 12.5. The lowest BCUT2D eigenvalue weighted by Crippen LogP contribution is -2.18. The average Bonchev–Trinajstić information content (AvgIpc) is 2.74. The van der Waals surface area contributed by atoms with E-state index in [1.165, 1.54) is 12.1 Å². The van der Waals surface area contributed by atoms with Crippen molar-refractivity contribution in [3.63, 3.8) is 0 Å². The first kappa shape index (κ1) is 20.9. The Hall–Kier alpha value is -3.81. The maximum absolute atomic E-state index is 12.7. The van der Waals surface area contributed by atoms with Gasteiger partial charge in [0.25, 0.3) is 0 Å². The third-order valence-electron chi connectivity index (χ3n) is 4.85. The summed E-state index contributed by atoms with van der Waals surface area (Å²) in [6.07, 6.45) is 0.213. The monoisotopic (exact) mass is 408 g/mol. The Kier molecular flexibility index (Phi) is 6.06. The molecule has 30 heavy (non-hydrogen) atoms. The number of carbonyl (C=O) groups is 2. The van der Waals surface area contributed by atoms with Crippen LogP contribution >= 0.6 is 0 Å². The van der Waals surface area contributed by atoms with Crippen molar-refractivity contribution in [1.82, 2.24) is 4.98 Å². The van der Waals surface area contributed by atoms with E-state index in [9.17, 15) is 19.7 Å². The topological polar surface area (TPSA) is 109 Å². The van der Waals surface area contributed by atoms with Gasteiger partial charge in [-0.2, -0.15) is 0 Å². The Morgan fingerprint density at radius 3 is 2.47 bits per heavy atom. The zero-order chi connectivity index (χ0) is 21.8. The summed E-state index contributed by atoms with van der Waals surface area (Å²) in [5.41, 5.74) is 1.06. The average molecular weight is 408 g/mol. The van der Waals surface area contributed by atoms with Gasteiger partial charge in [-0.25, -0.2) is 4.98 Å². The van der Waals surface area contributed by atoms with Gasteiger partial charge in [-0.05, 0) is 54.4 Å². The molecule has 2 aromatic carbocycles. The van der Waals surface area contributed by atoms with E-state index < -0.39 is 22.9 Å². The van der Waals surface area contributed by atoms with E-state index in [2.05, 4.69) is 4.98 Å². The number of ether oxygens (including phenoxy) is 2. The minimum absolute atomic E-state index is 0.00898. The van der Waals surface area contributed by atoms with E-state index in [1.807, 2.05) is 36.4 Å². The molecule has 2 atom stereocenters. The van der Waals surface area contributed by atoms with Crippen molar-refractivity contribution in [1.29, 1.82) is 0 Å². The summed E-state index contributed by atoms with van der Waals surface area (Å²) in [7, 11) is 1.60. The fourth-order valence-electron chi connectivity index (χ4n) is 3.04. The summed E-state index contributed by atoms with van der Waals surface area (Å²) in [5, 5.41) is 12.9. The molecule has 1 heterocycles. The number of aldehydes is 1. The van der Waals surface area contributed by atoms with Crippen LogP contribution in [0.4, 0.5) is 0 Å². The SMILES string of the molecule is COc1ccc2cc([C@H](C)C(=O)Oc3ccc(C(C=O)[N+](=O)[O-])nc3C)ccc2c1. The predicted octanol–water partition coefficient (Wildman–Crippen LogP) is 3.78. The number of rotatable bonds is 7. The van der Waals surface area contributed by atoms with Crippen LogP contribution in [0.25, 0.3) is 10.8 Å². The number of fused-ring (bicyclic) bond motifs is 1. The van der Waals surface area contributed by atoms with Gasteiger partial charge < -0.3 is 9.47 Å². The summed E-state index contributed by atoms with van der Waals surface area (Å²) in [5.74, 6) is -0.0871. The van der Waals surface area contributed by atoms with E-state index in [0.717, 1.165) is 22.1 Å². The largest absolute Gasteiger partial charge is 0.497 e. The number of esters is 1. The maximum Gasteiger partial charge on any atom is 0.318 e. The molecule has 1 aromatic heterocycles. The molecule has 0 N–H and O–H groups in total. The van der Waals surface area contributed by atoms with Gasteiger partial charge in [-0.3, -0.25) is 19.7 Å². The van der Waals surface area contributed by atoms with Crippen molar-refractivity contribution >= 4 is 23.0 Å². The molecule has 154 valence electrons. The van der Waals surface area contributed by atoms with Crippen LogP contribution in [0.15, 0.2) is 48.5 Å². The second kappa shape index (κ2) is 8.69. The first-order chi connectivity index (χ1) is 14.3. The zero-order valence-corrected chi connectivity index (χ0v) is 16.7. The van der Waals surface area contributed by atoms with E-state index in [4.69, 9.17) is 9.47 Å². The van der Waals surface area contributed by atoms with Crippen molar-refractivity contribution in [2.24, 2.45) is 0 Å². The molecule has 8 heteroatoms. The van der Waals surface area contributed by atoms with Crippen LogP contribution < -0.4 is 9.47 Å². The molecule has 0 amide bonds. The molecule has 3 rings (SSSR count). The number of nitro groups is 1. The number of hydrogen-bond acceptors (Lipinski definition) is 7. The number of hydrogen-bond donors (Lipinski definition) is 0. The van der Waals surface area contributed by atoms with E-state index in [1.54, 1.807) is 21.0 Å². The van der Waals surface area contributed by atoms with Gasteiger partial charge in [-0.1, -0.05) is 24.3 Å². The van der Waals surface area contributed by atoms with Crippen molar-refractivity contribution in [2.45, 2.75) is 25.8 Å². The molecule has 8 nitrogen and oxygen atoms in total. The molecule has 0 aliphatic rings. The van der Waals surface area contributed by atoms with Crippen LogP contribution in [0.2, 0.25) is 0 Å². The van der Waals surface area contributed by atoms with E-state index in [0.29, 0.717) is 0 Å². The number of aromatic nitrogens is 1. The molecule has 0 aliphatic heterocycles. The van der Waals surface area contributed by atoms with Crippen LogP contribution in [0, 0.1) is 17.0 Å². The molecular formula is C22H20N2O6. The van der Waals surface area contributed by atoms with Crippen molar-refractivity contribution < 1.29 is 24.0 Å². The molecule has 0 saturated carbocycles. The number of aryl methyl sites for hydroxylation is 1. The molecule has 0 aliphatic carbocycles. The summed E-state index contributed by atoms with van der Waals surface area (Å²) in [4.78, 5) is 37.8. The highest BCUT2D eigenvalue weighted by atomic mass is 16.6. The number of methoxy groups -OCH3 is 1. The molecule has 1 unspecified atom stereocenters. The Balaban J connectivity index is 1.79. The number of pyridine rings is 1. The Morgan fingerprint density at radius 1 is 1.13 bits per heavy atom. The highest BCUT2D eigenvalue weighted by Gasteiger charge is 2.25. The van der Waals surface area contributed by atoms with Gasteiger partial charge in [0, 0.05) is 4.92 Å². The van der Waals surface area contributed by atoms with E-state index in [-0.39, 0.29) is 23.4 Å². The van der Waals surface area contributed by atoms with Gasteiger partial charge in [0.2, 0.25) is 0 Å². The molecule has 0 bridgehead atoms. The smallest absolute Gasteiger partial charge is 0.318 e. The molecule has 0 spiro atoms. The van der Waals surface area contributed by atoms with Gasteiger partial charge in [0.05, 0.1) is 18.7 Å². The fourth-order valence-corrected chi connectivity index (χ4v) is 3.04. The lowest BCUT2D eigenvalue weighted by atomic mass is 9.98. The molecule has 3 aromatic rings. The summed E-state index contributed by atoms with van der Waals surface area (Å²) >= 11 is 0. The van der Waals surface area contributed by atoms with Gasteiger partial charge in [0.1, 0.15) is 11.4 Å². The van der Waals surface area contributed by atoms with Gasteiger partial charge in [0.15, 0.2) is 12.0 Å². The van der Waals surface area contributed by atoms with Crippen LogP contribution in [0.3, 0.4) is 0 Å². The maximum atomic E-state index is 12.7. The van der Waals surface area contributed by atoms with Crippen LogP contribution in [-0.2, 0) is 9.59 Å². The minimum Gasteiger partial charge on any atom is -0.497 e. The lowest BCUT2D eigenvalue weighted by Gasteiger charge is -2.14. The van der Waals surface area contributed by atoms with Crippen molar-refractivity contribution in [3.8, 4) is 11.5 Å². The van der Waals surface area contributed by atoms with Crippen molar-refractivity contribution in [2.75, 3.05) is 7.11 Å². The third-order valence-corrected chi connectivity index (χ3v) is 4.85. The molecular weight excluding hydrogens is 388 g/mol. The standard InChI is InChI=1S/C22H20N2O6/c1-13(15-4-5-17-11-18(29-3)7-6-16(17)10-15)22(26)30-21-9-8-19(23-14(21)2)20(12-25)24(27)28/h4-13,20H,1-3H3/t13-,20?/m0/s1. The van der Waals surface area contributed by atoms with Crippen LogP contribution in [-0.4, -0.2) is 29.3 Å². The van der Waals surface area contributed by atoms with Gasteiger partial charge >= 0.3 is 12.0 Å². The Bertz CT molecular complexity index is 1130. The Morgan fingerprint density at radius 2 is 1.83 bits per heavy atom. The first-order valence-electron chi connectivity index (χ1n) is 9.19. The van der Waals surface area contributed by atoms with E-state index >= 15 is 0 Å². The number of nitrogens with zero attached hydrogens (tertiary/aromatic N) is 2. The van der Waals surface area contributed by atoms with Crippen molar-refractivity contribution in [3.05, 3.63) is 75.6 Å². The minimum atomic E-state index is -1.55. The summed E-state index contributed by atoms with van der Waals surface area (Å²) < 4.78 is 10.7. The molecule has 0 saturated heterocycles. The first-order valence-corrected chi connectivity index (χ1v) is 9.19. The normalized spacial score (nSPS) is 12.8. The highest BCUT2D eigenvalue weighted by Crippen LogP contribution is 2.27. The quantitative estimate of drug-likeness (QED) is 0.253. The summed E-state index contributed by atoms with van der Waals surface area (Å²) in [6.45, 7) is 3.29.